The summed E-state index contributed by atoms with van der Waals surface area (Å²) in [5, 5.41) is 26.9. The number of nitrogens with zero attached hydrogens (tertiary/aromatic N) is 4. The van der Waals surface area contributed by atoms with Crippen molar-refractivity contribution in [3.8, 4) is 12.1 Å². The van der Waals surface area contributed by atoms with E-state index in [9.17, 15) is 10.5 Å². The highest BCUT2D eigenvalue weighted by Gasteiger charge is 2.25. The number of para-hydroxylation sites is 1. The molecule has 0 spiro atoms. The smallest absolute Gasteiger partial charge is 0.101 e. The van der Waals surface area contributed by atoms with Crippen LogP contribution >= 0.6 is 0 Å². The molecule has 132 valence electrons. The van der Waals surface area contributed by atoms with Gasteiger partial charge in [-0.1, -0.05) is 36.4 Å². The van der Waals surface area contributed by atoms with Gasteiger partial charge < -0.3 is 5.32 Å². The Labute approximate surface area is 158 Å². The summed E-state index contributed by atoms with van der Waals surface area (Å²) in [4.78, 5) is 0. The third-order valence-electron chi connectivity index (χ3n) is 5.06. The Kier molecular flexibility index (Phi) is 4.60. The van der Waals surface area contributed by atoms with Gasteiger partial charge >= 0.3 is 0 Å². The normalized spacial score (nSPS) is 15.4. The van der Waals surface area contributed by atoms with Crippen molar-refractivity contribution in [2.45, 2.75) is 31.8 Å². The monoisotopic (exact) mass is 353 g/mol. The van der Waals surface area contributed by atoms with Crippen LogP contribution in [0.4, 0.5) is 5.69 Å². The Morgan fingerprint density at radius 1 is 1.04 bits per heavy atom. The minimum Gasteiger partial charge on any atom is -0.376 e. The van der Waals surface area contributed by atoms with E-state index in [1.54, 1.807) is 18.2 Å². The highest BCUT2D eigenvalue weighted by Crippen LogP contribution is 2.34. The number of nitrogens with one attached hydrogen (secondary N) is 1. The van der Waals surface area contributed by atoms with Crippen LogP contribution in [-0.2, 0) is 13.0 Å². The zero-order valence-electron chi connectivity index (χ0n) is 14.9. The van der Waals surface area contributed by atoms with Crippen molar-refractivity contribution in [1.29, 1.82) is 10.5 Å². The summed E-state index contributed by atoms with van der Waals surface area (Å²) >= 11 is 0. The summed E-state index contributed by atoms with van der Waals surface area (Å²) in [7, 11) is 0. The van der Waals surface area contributed by atoms with Crippen molar-refractivity contribution >= 4 is 5.69 Å². The van der Waals surface area contributed by atoms with Crippen LogP contribution in [0.1, 0.15) is 46.8 Å². The first-order valence-corrected chi connectivity index (χ1v) is 9.08. The summed E-state index contributed by atoms with van der Waals surface area (Å²) in [6, 6.07) is 20.0. The molecular weight excluding hydrogens is 334 g/mol. The maximum atomic E-state index is 9.42. The van der Waals surface area contributed by atoms with Gasteiger partial charge in [-0.05, 0) is 37.0 Å². The van der Waals surface area contributed by atoms with Crippen LogP contribution in [0.2, 0.25) is 0 Å². The van der Waals surface area contributed by atoms with E-state index >= 15 is 0 Å². The predicted octanol–water partition coefficient (Wildman–Crippen LogP) is 4.16. The van der Waals surface area contributed by atoms with Crippen molar-refractivity contribution in [2.75, 3.05) is 5.32 Å². The number of hydrogen-bond donors (Lipinski definition) is 1. The van der Waals surface area contributed by atoms with Crippen molar-refractivity contribution in [2.24, 2.45) is 0 Å². The Morgan fingerprint density at radius 2 is 1.78 bits per heavy atom. The minimum absolute atomic E-state index is 0.0554. The highest BCUT2D eigenvalue weighted by atomic mass is 15.3. The summed E-state index contributed by atoms with van der Waals surface area (Å²) in [6.07, 6.45) is 4.91. The van der Waals surface area contributed by atoms with E-state index in [0.29, 0.717) is 16.8 Å². The third-order valence-corrected chi connectivity index (χ3v) is 5.06. The Hall–Kier alpha value is -3.57. The van der Waals surface area contributed by atoms with Crippen LogP contribution in [0.5, 0.6) is 0 Å². The molecule has 1 aliphatic carbocycles. The predicted molar refractivity (Wildman–Crippen MR) is 103 cm³/mol. The van der Waals surface area contributed by atoms with Crippen LogP contribution in [0.15, 0.2) is 54.7 Å². The lowest BCUT2D eigenvalue weighted by Crippen LogP contribution is -2.19. The van der Waals surface area contributed by atoms with Gasteiger partial charge in [0.15, 0.2) is 0 Å². The van der Waals surface area contributed by atoms with Gasteiger partial charge in [-0.3, -0.25) is 4.68 Å². The number of hydrogen-bond acceptors (Lipinski definition) is 4. The van der Waals surface area contributed by atoms with Crippen molar-refractivity contribution in [3.05, 3.63) is 82.7 Å². The molecule has 1 atom stereocenters. The third kappa shape index (κ3) is 3.28. The topological polar surface area (TPSA) is 77.4 Å². The van der Waals surface area contributed by atoms with Crippen molar-refractivity contribution < 1.29 is 0 Å². The van der Waals surface area contributed by atoms with Gasteiger partial charge in [0.05, 0.1) is 35.6 Å². The number of aromatic nitrogens is 2. The van der Waals surface area contributed by atoms with E-state index in [0.717, 1.165) is 31.4 Å². The van der Waals surface area contributed by atoms with Crippen LogP contribution < -0.4 is 5.32 Å². The highest BCUT2D eigenvalue weighted by molar-refractivity contribution is 5.67. The summed E-state index contributed by atoms with van der Waals surface area (Å²) in [6.45, 7) is 0.751. The molecule has 3 aromatic rings. The molecule has 0 aliphatic heterocycles. The van der Waals surface area contributed by atoms with Crippen LogP contribution in [0, 0.1) is 22.7 Å². The average Bonchev–Trinajstić information content (AvgIpc) is 3.13. The second-order valence-electron chi connectivity index (χ2n) is 6.73. The van der Waals surface area contributed by atoms with E-state index in [2.05, 4.69) is 39.4 Å². The first kappa shape index (κ1) is 16.9. The van der Waals surface area contributed by atoms with Crippen molar-refractivity contribution in [1.82, 2.24) is 9.78 Å². The lowest BCUT2D eigenvalue weighted by Gasteiger charge is -2.26. The summed E-state index contributed by atoms with van der Waals surface area (Å²) < 4.78 is 2.07. The fourth-order valence-electron chi connectivity index (χ4n) is 3.73. The molecule has 1 N–H and O–H groups in total. The van der Waals surface area contributed by atoms with Crippen molar-refractivity contribution in [3.63, 3.8) is 0 Å². The fourth-order valence-corrected chi connectivity index (χ4v) is 3.73. The molecule has 0 radical (unpaired) electrons. The molecule has 2 aromatic carbocycles. The molecule has 0 fully saturated rings. The molecule has 4 rings (SSSR count). The van der Waals surface area contributed by atoms with E-state index < -0.39 is 0 Å². The molecule has 27 heavy (non-hydrogen) atoms. The molecule has 0 amide bonds. The van der Waals surface area contributed by atoms with Gasteiger partial charge in [0.25, 0.3) is 0 Å². The molecule has 1 aromatic heterocycles. The van der Waals surface area contributed by atoms with Gasteiger partial charge in [0, 0.05) is 11.3 Å². The number of nitriles is 2. The summed E-state index contributed by atoms with van der Waals surface area (Å²) in [5.41, 5.74) is 5.23. The second-order valence-corrected chi connectivity index (χ2v) is 6.73. The molecule has 1 unspecified atom stereocenters. The summed E-state index contributed by atoms with van der Waals surface area (Å²) in [5.74, 6) is 0. The van der Waals surface area contributed by atoms with E-state index in [1.807, 2.05) is 24.4 Å². The zero-order valence-corrected chi connectivity index (χ0v) is 14.9. The Bertz CT molecular complexity index is 1000. The molecule has 0 saturated heterocycles. The van der Waals surface area contributed by atoms with Crippen LogP contribution in [0.25, 0.3) is 0 Å². The quantitative estimate of drug-likeness (QED) is 0.764. The zero-order chi connectivity index (χ0) is 18.6. The second kappa shape index (κ2) is 7.35. The lowest BCUT2D eigenvalue weighted by molar-refractivity contribution is 0.556. The molecule has 0 bridgehead atoms. The molecule has 5 nitrogen and oxygen atoms in total. The van der Waals surface area contributed by atoms with Gasteiger partial charge in [-0.25, -0.2) is 0 Å². The molecule has 1 aliphatic rings. The molecule has 1 heterocycles. The van der Waals surface area contributed by atoms with Gasteiger partial charge in [-0.2, -0.15) is 15.6 Å². The first-order chi connectivity index (χ1) is 13.3. The number of anilines is 1. The minimum atomic E-state index is 0.0554. The number of fused-ring (bicyclic) bond motifs is 1. The van der Waals surface area contributed by atoms with Gasteiger partial charge in [-0.15, -0.1) is 0 Å². The maximum absolute atomic E-state index is 9.42. The fraction of sp³-hybridized carbons (Fsp3) is 0.227. The van der Waals surface area contributed by atoms with Crippen LogP contribution in [0.3, 0.4) is 0 Å². The van der Waals surface area contributed by atoms with Gasteiger partial charge in [0.2, 0.25) is 0 Å². The molecule has 0 saturated carbocycles. The lowest BCUT2D eigenvalue weighted by atomic mass is 9.92. The maximum Gasteiger partial charge on any atom is 0.101 e. The van der Waals surface area contributed by atoms with E-state index in [1.165, 1.54) is 11.3 Å². The SMILES string of the molecule is N#Cc1cccc(C#N)c1NC1CCCc2c1cnn2Cc1ccccc1. The van der Waals surface area contributed by atoms with Crippen LogP contribution in [-0.4, -0.2) is 9.78 Å². The molecule has 5 heteroatoms. The first-order valence-electron chi connectivity index (χ1n) is 9.08. The number of benzene rings is 2. The largest absolute Gasteiger partial charge is 0.376 e. The average molecular weight is 353 g/mol. The Balaban J connectivity index is 1.64. The van der Waals surface area contributed by atoms with Gasteiger partial charge in [0.1, 0.15) is 12.1 Å². The standard InChI is InChI=1S/C22H19N5/c23-12-17-8-4-9-18(13-24)22(17)26-20-10-5-11-21-19(20)14-25-27(21)15-16-6-2-1-3-7-16/h1-4,6-9,14,20,26H,5,10-11,15H2. The van der Waals surface area contributed by atoms with E-state index in [-0.39, 0.29) is 6.04 Å². The van der Waals surface area contributed by atoms with E-state index in [4.69, 9.17) is 0 Å². The number of rotatable bonds is 4. The Morgan fingerprint density at radius 3 is 2.48 bits per heavy atom. The molecular formula is C22H19N5.